The van der Waals surface area contributed by atoms with E-state index in [2.05, 4.69) is 30.9 Å². The molecule has 1 aromatic carbocycles. The Morgan fingerprint density at radius 3 is 2.53 bits per heavy atom. The van der Waals surface area contributed by atoms with Crippen LogP contribution in [0.2, 0.25) is 0 Å². The van der Waals surface area contributed by atoms with E-state index < -0.39 is 0 Å². The number of benzene rings is 1. The zero-order chi connectivity index (χ0) is 12.8. The summed E-state index contributed by atoms with van der Waals surface area (Å²) in [5.74, 6) is 1.45. The summed E-state index contributed by atoms with van der Waals surface area (Å²) in [6.45, 7) is 5.60. The second-order valence-electron chi connectivity index (χ2n) is 4.89. The highest BCUT2D eigenvalue weighted by molar-refractivity contribution is 5.30. The van der Waals surface area contributed by atoms with E-state index in [-0.39, 0.29) is 6.04 Å². The summed E-state index contributed by atoms with van der Waals surface area (Å²) < 4.78 is 5.79. The Balaban J connectivity index is 2.59. The van der Waals surface area contributed by atoms with Crippen LogP contribution in [0.3, 0.4) is 0 Å². The average molecular weight is 236 g/mol. The molecule has 3 nitrogen and oxygen atoms in total. The molecule has 1 rings (SSSR count). The second kappa shape index (κ2) is 6.62. The van der Waals surface area contributed by atoms with E-state index >= 15 is 0 Å². The van der Waals surface area contributed by atoms with Gasteiger partial charge in [-0.2, -0.15) is 0 Å². The Kier molecular flexibility index (Phi) is 5.45. The van der Waals surface area contributed by atoms with Crippen molar-refractivity contribution in [1.82, 2.24) is 4.90 Å². The number of hydrogen-bond acceptors (Lipinski definition) is 3. The molecule has 17 heavy (non-hydrogen) atoms. The molecule has 1 aromatic rings. The first kappa shape index (κ1) is 14.0. The van der Waals surface area contributed by atoms with Crippen LogP contribution in [-0.4, -0.2) is 38.2 Å². The van der Waals surface area contributed by atoms with Crippen LogP contribution in [-0.2, 0) is 0 Å². The minimum absolute atomic E-state index is 0.262. The van der Waals surface area contributed by atoms with E-state index in [0.717, 1.165) is 5.75 Å². The topological polar surface area (TPSA) is 38.5 Å². The van der Waals surface area contributed by atoms with Crippen molar-refractivity contribution in [2.24, 2.45) is 5.73 Å². The molecule has 0 spiro atoms. The number of rotatable bonds is 6. The largest absolute Gasteiger partial charge is 0.492 e. The minimum Gasteiger partial charge on any atom is -0.492 e. The van der Waals surface area contributed by atoms with Gasteiger partial charge in [-0.05, 0) is 37.7 Å². The molecule has 0 aliphatic carbocycles. The van der Waals surface area contributed by atoms with Gasteiger partial charge in [0.05, 0.1) is 6.04 Å². The van der Waals surface area contributed by atoms with Crippen molar-refractivity contribution in [2.45, 2.75) is 25.8 Å². The molecule has 0 radical (unpaired) electrons. The van der Waals surface area contributed by atoms with E-state index in [9.17, 15) is 0 Å². The van der Waals surface area contributed by atoms with Crippen LogP contribution in [0, 0.1) is 0 Å². The summed E-state index contributed by atoms with van der Waals surface area (Å²) >= 11 is 0. The van der Waals surface area contributed by atoms with Crippen LogP contribution < -0.4 is 10.5 Å². The van der Waals surface area contributed by atoms with E-state index in [1.54, 1.807) is 0 Å². The summed E-state index contributed by atoms with van der Waals surface area (Å²) in [7, 11) is 4.04. The average Bonchev–Trinajstić information content (AvgIpc) is 2.29. The summed E-state index contributed by atoms with van der Waals surface area (Å²) in [5.41, 5.74) is 7.00. The van der Waals surface area contributed by atoms with Gasteiger partial charge < -0.3 is 15.4 Å². The van der Waals surface area contributed by atoms with Crippen molar-refractivity contribution in [3.8, 4) is 5.75 Å². The normalized spacial score (nSPS) is 13.1. The van der Waals surface area contributed by atoms with Crippen LogP contribution >= 0.6 is 0 Å². The molecule has 0 aromatic heterocycles. The standard InChI is InChI=1S/C14H24N2O/c1-11(2)12-6-5-7-14(8-12)17-10-13(9-15)16(3)4/h5-8,11,13H,9-10,15H2,1-4H3. The molecule has 0 aliphatic heterocycles. The fourth-order valence-electron chi connectivity index (χ4n) is 1.58. The van der Waals surface area contributed by atoms with Gasteiger partial charge in [-0.15, -0.1) is 0 Å². The summed E-state index contributed by atoms with van der Waals surface area (Å²) in [6.07, 6.45) is 0. The molecule has 1 unspecified atom stereocenters. The van der Waals surface area contributed by atoms with Crippen LogP contribution in [0.5, 0.6) is 5.75 Å². The lowest BCUT2D eigenvalue weighted by atomic mass is 10.0. The Hall–Kier alpha value is -1.06. The van der Waals surface area contributed by atoms with E-state index in [1.807, 2.05) is 26.2 Å². The van der Waals surface area contributed by atoms with Crippen molar-refractivity contribution in [3.63, 3.8) is 0 Å². The number of ether oxygens (including phenoxy) is 1. The maximum absolute atomic E-state index is 5.79. The first-order chi connectivity index (χ1) is 8.04. The predicted molar refractivity (Wildman–Crippen MR) is 72.6 cm³/mol. The maximum atomic E-state index is 5.79. The lowest BCUT2D eigenvalue weighted by Crippen LogP contribution is -2.39. The highest BCUT2D eigenvalue weighted by Crippen LogP contribution is 2.20. The molecule has 1 atom stereocenters. The molecule has 3 heteroatoms. The van der Waals surface area contributed by atoms with Gasteiger partial charge in [0.1, 0.15) is 12.4 Å². The number of nitrogens with two attached hydrogens (primary N) is 1. The molecule has 96 valence electrons. The van der Waals surface area contributed by atoms with Crippen molar-refractivity contribution < 1.29 is 4.74 Å². The van der Waals surface area contributed by atoms with E-state index in [4.69, 9.17) is 10.5 Å². The monoisotopic (exact) mass is 236 g/mol. The Bertz CT molecular complexity index is 337. The first-order valence-corrected chi connectivity index (χ1v) is 6.13. The summed E-state index contributed by atoms with van der Waals surface area (Å²) in [6, 6.07) is 8.53. The quantitative estimate of drug-likeness (QED) is 0.822. The van der Waals surface area contributed by atoms with Crippen LogP contribution in [0.1, 0.15) is 25.3 Å². The molecule has 0 aliphatic rings. The summed E-state index contributed by atoms with van der Waals surface area (Å²) in [4.78, 5) is 2.09. The summed E-state index contributed by atoms with van der Waals surface area (Å²) in [5, 5.41) is 0. The third-order valence-electron chi connectivity index (χ3n) is 2.97. The molecule has 0 bridgehead atoms. The molecule has 2 N–H and O–H groups in total. The predicted octanol–water partition coefficient (Wildman–Crippen LogP) is 2.08. The Labute approximate surface area is 105 Å². The molecule has 0 amide bonds. The van der Waals surface area contributed by atoms with Gasteiger partial charge in [-0.25, -0.2) is 0 Å². The highest BCUT2D eigenvalue weighted by atomic mass is 16.5. The molecule has 0 saturated heterocycles. The number of likely N-dealkylation sites (N-methyl/N-ethyl adjacent to an activating group) is 1. The zero-order valence-electron chi connectivity index (χ0n) is 11.3. The van der Waals surface area contributed by atoms with Crippen molar-refractivity contribution in [3.05, 3.63) is 29.8 Å². The maximum Gasteiger partial charge on any atom is 0.119 e. The van der Waals surface area contributed by atoms with Crippen molar-refractivity contribution in [1.29, 1.82) is 0 Å². The number of nitrogens with zero attached hydrogens (tertiary/aromatic N) is 1. The van der Waals surface area contributed by atoms with Crippen LogP contribution in [0.4, 0.5) is 0 Å². The van der Waals surface area contributed by atoms with Crippen molar-refractivity contribution >= 4 is 0 Å². The zero-order valence-corrected chi connectivity index (χ0v) is 11.3. The third-order valence-corrected chi connectivity index (χ3v) is 2.97. The molecular formula is C14H24N2O. The third kappa shape index (κ3) is 4.36. The molecule has 0 saturated carbocycles. The SMILES string of the molecule is CC(C)c1cccc(OCC(CN)N(C)C)c1. The Morgan fingerprint density at radius 2 is 2.00 bits per heavy atom. The fraction of sp³-hybridized carbons (Fsp3) is 0.571. The van der Waals surface area contributed by atoms with Crippen LogP contribution in [0.15, 0.2) is 24.3 Å². The lowest BCUT2D eigenvalue weighted by molar-refractivity contribution is 0.190. The fourth-order valence-corrected chi connectivity index (χ4v) is 1.58. The van der Waals surface area contributed by atoms with Gasteiger partial charge in [0, 0.05) is 6.54 Å². The highest BCUT2D eigenvalue weighted by Gasteiger charge is 2.10. The van der Waals surface area contributed by atoms with Gasteiger partial charge in [0.2, 0.25) is 0 Å². The molecule has 0 fully saturated rings. The number of hydrogen-bond donors (Lipinski definition) is 1. The second-order valence-corrected chi connectivity index (χ2v) is 4.89. The molecule has 0 heterocycles. The smallest absolute Gasteiger partial charge is 0.119 e. The van der Waals surface area contributed by atoms with E-state index in [1.165, 1.54) is 5.56 Å². The van der Waals surface area contributed by atoms with Crippen LogP contribution in [0.25, 0.3) is 0 Å². The van der Waals surface area contributed by atoms with Gasteiger partial charge >= 0.3 is 0 Å². The van der Waals surface area contributed by atoms with Crippen molar-refractivity contribution in [2.75, 3.05) is 27.2 Å². The van der Waals surface area contributed by atoms with Gasteiger partial charge in [0.15, 0.2) is 0 Å². The lowest BCUT2D eigenvalue weighted by Gasteiger charge is -2.22. The Morgan fingerprint density at radius 1 is 1.29 bits per heavy atom. The molecular weight excluding hydrogens is 212 g/mol. The minimum atomic E-state index is 0.262. The van der Waals surface area contributed by atoms with Gasteiger partial charge in [-0.1, -0.05) is 26.0 Å². The van der Waals surface area contributed by atoms with E-state index in [0.29, 0.717) is 19.1 Å². The first-order valence-electron chi connectivity index (χ1n) is 6.13. The van der Waals surface area contributed by atoms with Gasteiger partial charge in [-0.3, -0.25) is 0 Å². The van der Waals surface area contributed by atoms with Gasteiger partial charge in [0.25, 0.3) is 0 Å².